The molecule has 64 valence electrons. The lowest BCUT2D eigenvalue weighted by atomic mass is 9.88. The number of hydrogen-bond acceptors (Lipinski definition) is 3. The van der Waals surface area contributed by atoms with Gasteiger partial charge in [-0.1, -0.05) is 13.8 Å². The lowest BCUT2D eigenvalue weighted by molar-refractivity contribution is -0.136. The van der Waals surface area contributed by atoms with Crippen molar-refractivity contribution < 1.29 is 14.8 Å². The van der Waals surface area contributed by atoms with Gasteiger partial charge in [0, 0.05) is 6.42 Å². The predicted molar refractivity (Wildman–Crippen MR) is 37.5 cm³/mol. The van der Waals surface area contributed by atoms with Crippen LogP contribution in [0.25, 0.3) is 0 Å². The van der Waals surface area contributed by atoms with Crippen molar-refractivity contribution >= 4 is 11.8 Å². The molecule has 5 nitrogen and oxygen atoms in total. The molecule has 0 unspecified atom stereocenters. The van der Waals surface area contributed by atoms with Gasteiger partial charge in [-0.3, -0.25) is 14.8 Å². The fourth-order valence-corrected chi connectivity index (χ4v) is 0.528. The van der Waals surface area contributed by atoms with Crippen molar-refractivity contribution in [2.45, 2.75) is 20.3 Å². The van der Waals surface area contributed by atoms with Crippen LogP contribution >= 0.6 is 0 Å². The van der Waals surface area contributed by atoms with Crippen LogP contribution in [-0.4, -0.2) is 17.0 Å². The summed E-state index contributed by atoms with van der Waals surface area (Å²) in [4.78, 5) is 21.2. The highest BCUT2D eigenvalue weighted by molar-refractivity contribution is 5.86. The third-order valence-electron chi connectivity index (χ3n) is 1.39. The van der Waals surface area contributed by atoms with Crippen LogP contribution in [-0.2, 0) is 9.59 Å². The number of hydroxylamine groups is 1. The predicted octanol–water partition coefficient (Wildman–Crippen LogP) is -0.607. The molecule has 2 amide bonds. The first kappa shape index (κ1) is 9.90. The van der Waals surface area contributed by atoms with E-state index in [-0.39, 0.29) is 6.42 Å². The van der Waals surface area contributed by atoms with Gasteiger partial charge in [-0.2, -0.15) is 0 Å². The SMILES string of the molecule is CC(C)(CC(=O)NO)C(N)=O. The summed E-state index contributed by atoms with van der Waals surface area (Å²) in [5.41, 5.74) is 5.49. The molecular formula is C6H12N2O3. The van der Waals surface area contributed by atoms with Crippen molar-refractivity contribution in [3.63, 3.8) is 0 Å². The van der Waals surface area contributed by atoms with Gasteiger partial charge >= 0.3 is 0 Å². The molecule has 0 aromatic heterocycles. The molecule has 0 aromatic carbocycles. The van der Waals surface area contributed by atoms with Gasteiger partial charge in [0.2, 0.25) is 11.8 Å². The van der Waals surface area contributed by atoms with Gasteiger partial charge in [-0.25, -0.2) is 5.48 Å². The standard InChI is InChI=1S/C6H12N2O3/c1-6(2,5(7)10)3-4(9)8-11/h11H,3H2,1-2H3,(H2,7,10)(H,8,9). The van der Waals surface area contributed by atoms with E-state index < -0.39 is 17.2 Å². The van der Waals surface area contributed by atoms with Crippen molar-refractivity contribution in [1.29, 1.82) is 0 Å². The Morgan fingerprint density at radius 2 is 2.00 bits per heavy atom. The highest BCUT2D eigenvalue weighted by Gasteiger charge is 2.27. The van der Waals surface area contributed by atoms with E-state index in [1.807, 2.05) is 0 Å². The van der Waals surface area contributed by atoms with E-state index in [4.69, 9.17) is 10.9 Å². The number of primary amides is 1. The smallest absolute Gasteiger partial charge is 0.244 e. The van der Waals surface area contributed by atoms with E-state index in [2.05, 4.69) is 0 Å². The van der Waals surface area contributed by atoms with Crippen LogP contribution in [0.1, 0.15) is 20.3 Å². The van der Waals surface area contributed by atoms with Crippen LogP contribution in [0.2, 0.25) is 0 Å². The quantitative estimate of drug-likeness (QED) is 0.380. The minimum atomic E-state index is -0.910. The number of carbonyl (C=O) groups is 2. The topological polar surface area (TPSA) is 92.4 Å². The lowest BCUT2D eigenvalue weighted by Crippen LogP contribution is -2.36. The number of carbonyl (C=O) groups excluding carboxylic acids is 2. The van der Waals surface area contributed by atoms with Crippen LogP contribution in [0.5, 0.6) is 0 Å². The highest BCUT2D eigenvalue weighted by Crippen LogP contribution is 2.18. The first-order valence-corrected chi connectivity index (χ1v) is 3.13. The van der Waals surface area contributed by atoms with Gasteiger partial charge in [0.1, 0.15) is 0 Å². The summed E-state index contributed by atoms with van der Waals surface area (Å²) in [6, 6.07) is 0. The minimum absolute atomic E-state index is 0.112. The number of rotatable bonds is 3. The zero-order chi connectivity index (χ0) is 9.07. The Balaban J connectivity index is 4.12. The van der Waals surface area contributed by atoms with Crippen molar-refractivity contribution in [1.82, 2.24) is 5.48 Å². The fraction of sp³-hybridized carbons (Fsp3) is 0.667. The van der Waals surface area contributed by atoms with E-state index in [1.165, 1.54) is 19.3 Å². The monoisotopic (exact) mass is 160 g/mol. The van der Waals surface area contributed by atoms with Crippen molar-refractivity contribution in [2.24, 2.45) is 11.1 Å². The molecule has 11 heavy (non-hydrogen) atoms. The molecule has 4 N–H and O–H groups in total. The molecule has 0 aliphatic heterocycles. The molecule has 0 saturated carbocycles. The molecule has 0 bridgehead atoms. The van der Waals surface area contributed by atoms with Gasteiger partial charge < -0.3 is 5.73 Å². The third kappa shape index (κ3) is 2.99. The Kier molecular flexibility index (Phi) is 3.00. The molecule has 0 atom stereocenters. The van der Waals surface area contributed by atoms with Gasteiger partial charge in [0.25, 0.3) is 0 Å². The molecule has 0 heterocycles. The van der Waals surface area contributed by atoms with Crippen molar-refractivity contribution in [2.75, 3.05) is 0 Å². The Morgan fingerprint density at radius 1 is 1.55 bits per heavy atom. The maximum absolute atomic E-state index is 10.6. The maximum atomic E-state index is 10.6. The number of nitrogens with one attached hydrogen (secondary N) is 1. The van der Waals surface area contributed by atoms with Crippen LogP contribution in [0.15, 0.2) is 0 Å². The molecule has 0 aromatic rings. The molecule has 0 fully saturated rings. The molecule has 0 spiro atoms. The molecule has 0 aliphatic rings. The molecule has 0 saturated heterocycles. The zero-order valence-electron chi connectivity index (χ0n) is 6.55. The zero-order valence-corrected chi connectivity index (χ0v) is 6.55. The van der Waals surface area contributed by atoms with E-state index in [0.29, 0.717) is 0 Å². The largest absolute Gasteiger partial charge is 0.369 e. The average Bonchev–Trinajstić information content (AvgIpc) is 1.86. The summed E-state index contributed by atoms with van der Waals surface area (Å²) in [5.74, 6) is -1.19. The molecule has 0 radical (unpaired) electrons. The summed E-state index contributed by atoms with van der Waals surface area (Å²) >= 11 is 0. The second kappa shape index (κ2) is 3.34. The summed E-state index contributed by atoms with van der Waals surface area (Å²) in [6.45, 7) is 3.06. The minimum Gasteiger partial charge on any atom is -0.369 e. The van der Waals surface area contributed by atoms with Gasteiger partial charge in [-0.05, 0) is 0 Å². The summed E-state index contributed by atoms with van der Waals surface area (Å²) in [5, 5.41) is 8.13. The van der Waals surface area contributed by atoms with E-state index in [0.717, 1.165) is 0 Å². The van der Waals surface area contributed by atoms with Crippen molar-refractivity contribution in [3.8, 4) is 0 Å². The van der Waals surface area contributed by atoms with E-state index in [9.17, 15) is 9.59 Å². The van der Waals surface area contributed by atoms with Crippen molar-refractivity contribution in [3.05, 3.63) is 0 Å². The normalized spacial score (nSPS) is 10.8. The lowest BCUT2D eigenvalue weighted by Gasteiger charge is -2.17. The molecular weight excluding hydrogens is 148 g/mol. The Labute approximate surface area is 64.5 Å². The van der Waals surface area contributed by atoms with Gasteiger partial charge in [0.05, 0.1) is 5.41 Å². The van der Waals surface area contributed by atoms with Crippen LogP contribution in [0, 0.1) is 5.41 Å². The van der Waals surface area contributed by atoms with Crippen LogP contribution in [0.3, 0.4) is 0 Å². The number of amides is 2. The Morgan fingerprint density at radius 3 is 2.27 bits per heavy atom. The van der Waals surface area contributed by atoms with Gasteiger partial charge in [-0.15, -0.1) is 0 Å². The van der Waals surface area contributed by atoms with E-state index >= 15 is 0 Å². The number of nitrogens with two attached hydrogens (primary N) is 1. The van der Waals surface area contributed by atoms with Crippen LogP contribution < -0.4 is 11.2 Å². The van der Waals surface area contributed by atoms with Gasteiger partial charge in [0.15, 0.2) is 0 Å². The summed E-state index contributed by atoms with van der Waals surface area (Å²) in [6.07, 6.45) is -0.112. The fourth-order valence-electron chi connectivity index (χ4n) is 0.528. The second-order valence-corrected chi connectivity index (χ2v) is 2.96. The highest BCUT2D eigenvalue weighted by atomic mass is 16.5. The number of hydrogen-bond donors (Lipinski definition) is 3. The van der Waals surface area contributed by atoms with E-state index in [1.54, 1.807) is 0 Å². The molecule has 5 heteroatoms. The summed E-state index contributed by atoms with van der Waals surface area (Å²) < 4.78 is 0. The molecule has 0 aliphatic carbocycles. The Hall–Kier alpha value is -1.10. The average molecular weight is 160 g/mol. The first-order valence-electron chi connectivity index (χ1n) is 3.13. The first-order chi connectivity index (χ1) is 4.90. The Bertz CT molecular complexity index is 177. The maximum Gasteiger partial charge on any atom is 0.244 e. The summed E-state index contributed by atoms with van der Waals surface area (Å²) in [7, 11) is 0. The van der Waals surface area contributed by atoms with Crippen LogP contribution in [0.4, 0.5) is 0 Å². The third-order valence-corrected chi connectivity index (χ3v) is 1.39. The second-order valence-electron chi connectivity index (χ2n) is 2.96. The molecule has 0 rings (SSSR count).